The predicted molar refractivity (Wildman–Crippen MR) is 92.5 cm³/mol. The van der Waals surface area contributed by atoms with Gasteiger partial charge in [-0.3, -0.25) is 9.59 Å². The fourth-order valence-electron chi connectivity index (χ4n) is 4.48. The summed E-state index contributed by atoms with van der Waals surface area (Å²) in [5.74, 6) is 0.0907. The molecule has 0 spiro atoms. The number of halogens is 1. The van der Waals surface area contributed by atoms with Crippen molar-refractivity contribution in [2.75, 3.05) is 6.54 Å². The van der Waals surface area contributed by atoms with E-state index in [1.165, 1.54) is 12.8 Å². The van der Waals surface area contributed by atoms with Gasteiger partial charge in [0.2, 0.25) is 11.8 Å². The summed E-state index contributed by atoms with van der Waals surface area (Å²) in [6.07, 6.45) is 6.88. The molecule has 0 saturated carbocycles. The third kappa shape index (κ3) is 4.00. The van der Waals surface area contributed by atoms with Gasteiger partial charge in [-0.15, -0.1) is 12.4 Å². The largest absolute Gasteiger partial charge is 0.353 e. The first kappa shape index (κ1) is 18.5. The molecule has 2 bridgehead atoms. The third-order valence-electron chi connectivity index (χ3n) is 5.73. The number of amides is 2. The van der Waals surface area contributed by atoms with Crippen LogP contribution in [0.4, 0.5) is 0 Å². The first-order valence-corrected chi connectivity index (χ1v) is 8.96. The summed E-state index contributed by atoms with van der Waals surface area (Å²) in [4.78, 5) is 26.6. The molecule has 3 aliphatic rings. The number of hydrogen-bond acceptors (Lipinski definition) is 3. The normalized spacial score (nSPS) is 33.0. The zero-order valence-corrected chi connectivity index (χ0v) is 15.0. The van der Waals surface area contributed by atoms with E-state index in [1.807, 2.05) is 4.90 Å². The molecule has 0 aromatic carbocycles. The number of likely N-dealkylation sites (tertiary alicyclic amines) is 1. The van der Waals surface area contributed by atoms with Crippen LogP contribution >= 0.6 is 12.4 Å². The smallest absolute Gasteiger partial charge is 0.225 e. The van der Waals surface area contributed by atoms with Gasteiger partial charge in [-0.2, -0.15) is 0 Å². The lowest BCUT2D eigenvalue weighted by Crippen LogP contribution is -2.49. The Morgan fingerprint density at radius 1 is 1.26 bits per heavy atom. The number of carbonyl (C=O) groups excluding carboxylic acids is 2. The summed E-state index contributed by atoms with van der Waals surface area (Å²) in [6.45, 7) is 4.83. The van der Waals surface area contributed by atoms with Crippen molar-refractivity contribution < 1.29 is 9.59 Å². The summed E-state index contributed by atoms with van der Waals surface area (Å²) in [6, 6.07) is 1.74. The summed E-state index contributed by atoms with van der Waals surface area (Å²) in [5, 5.41) is 6.81. The Balaban J connectivity index is 0.00000192. The van der Waals surface area contributed by atoms with E-state index >= 15 is 0 Å². The molecule has 0 aliphatic carbocycles. The molecule has 3 unspecified atom stereocenters. The molecule has 3 heterocycles. The van der Waals surface area contributed by atoms with Crippen molar-refractivity contribution in [3.8, 4) is 0 Å². The van der Waals surface area contributed by atoms with Crippen molar-refractivity contribution in [3.63, 3.8) is 0 Å². The highest BCUT2D eigenvalue weighted by atomic mass is 35.5. The Morgan fingerprint density at radius 2 is 1.87 bits per heavy atom. The fourth-order valence-corrected chi connectivity index (χ4v) is 4.48. The second kappa shape index (κ2) is 7.84. The van der Waals surface area contributed by atoms with Crippen LogP contribution < -0.4 is 10.6 Å². The lowest BCUT2D eigenvalue weighted by Gasteiger charge is -2.30. The highest BCUT2D eigenvalue weighted by molar-refractivity contribution is 5.89. The summed E-state index contributed by atoms with van der Waals surface area (Å²) >= 11 is 0. The van der Waals surface area contributed by atoms with Gasteiger partial charge in [0.1, 0.15) is 0 Å². The molecule has 5 nitrogen and oxygen atoms in total. The van der Waals surface area contributed by atoms with Gasteiger partial charge < -0.3 is 15.5 Å². The van der Waals surface area contributed by atoms with Gasteiger partial charge in [0, 0.05) is 37.1 Å². The molecular formula is C17H30ClN3O2. The van der Waals surface area contributed by atoms with Gasteiger partial charge in [0.25, 0.3) is 0 Å². The van der Waals surface area contributed by atoms with E-state index in [0.29, 0.717) is 37.1 Å². The molecule has 0 aromatic heterocycles. The summed E-state index contributed by atoms with van der Waals surface area (Å²) in [7, 11) is 0. The molecular weight excluding hydrogens is 314 g/mol. The van der Waals surface area contributed by atoms with E-state index in [4.69, 9.17) is 0 Å². The Morgan fingerprint density at radius 3 is 2.43 bits per heavy atom. The minimum Gasteiger partial charge on any atom is -0.353 e. The first-order valence-electron chi connectivity index (χ1n) is 8.96. The summed E-state index contributed by atoms with van der Waals surface area (Å²) < 4.78 is 0. The van der Waals surface area contributed by atoms with Crippen LogP contribution in [-0.4, -0.2) is 47.4 Å². The molecule has 3 atom stereocenters. The molecule has 132 valence electrons. The summed E-state index contributed by atoms with van der Waals surface area (Å²) in [5.41, 5.74) is 0. The number of hydrogen-bond donors (Lipinski definition) is 2. The zero-order valence-electron chi connectivity index (χ0n) is 14.2. The average Bonchev–Trinajstić information content (AvgIpc) is 3.04. The predicted octanol–water partition coefficient (Wildman–Crippen LogP) is 1.84. The minimum atomic E-state index is -0.152. The second-order valence-electron chi connectivity index (χ2n) is 7.23. The van der Waals surface area contributed by atoms with Gasteiger partial charge in [-0.05, 0) is 38.5 Å². The SMILES string of the molecule is CCC(CC)N1CC(C(=O)NC2CC3CCC(C2)N3)CC1=O.Cl. The third-order valence-corrected chi connectivity index (χ3v) is 5.73. The van der Waals surface area contributed by atoms with Crippen molar-refractivity contribution in [2.24, 2.45) is 5.92 Å². The van der Waals surface area contributed by atoms with E-state index in [2.05, 4.69) is 24.5 Å². The van der Waals surface area contributed by atoms with Crippen molar-refractivity contribution in [3.05, 3.63) is 0 Å². The molecule has 2 amide bonds. The quantitative estimate of drug-likeness (QED) is 0.800. The molecule has 6 heteroatoms. The minimum absolute atomic E-state index is 0. The Labute approximate surface area is 145 Å². The van der Waals surface area contributed by atoms with E-state index in [1.54, 1.807) is 0 Å². The van der Waals surface area contributed by atoms with Crippen molar-refractivity contribution in [1.82, 2.24) is 15.5 Å². The van der Waals surface area contributed by atoms with Gasteiger partial charge in [0.15, 0.2) is 0 Å². The maximum Gasteiger partial charge on any atom is 0.225 e. The Hall–Kier alpha value is -0.810. The molecule has 3 saturated heterocycles. The molecule has 3 aliphatic heterocycles. The second-order valence-corrected chi connectivity index (χ2v) is 7.23. The van der Waals surface area contributed by atoms with Gasteiger partial charge in [-0.1, -0.05) is 13.8 Å². The monoisotopic (exact) mass is 343 g/mol. The van der Waals surface area contributed by atoms with Crippen molar-refractivity contribution >= 4 is 24.2 Å². The molecule has 0 aromatic rings. The van der Waals surface area contributed by atoms with Crippen LogP contribution in [0, 0.1) is 5.92 Å². The van der Waals surface area contributed by atoms with Gasteiger partial charge in [0.05, 0.1) is 5.92 Å². The molecule has 3 fully saturated rings. The number of rotatable bonds is 5. The maximum absolute atomic E-state index is 12.5. The topological polar surface area (TPSA) is 61.4 Å². The first-order chi connectivity index (χ1) is 10.6. The Bertz CT molecular complexity index is 430. The van der Waals surface area contributed by atoms with Crippen LogP contribution in [0.5, 0.6) is 0 Å². The van der Waals surface area contributed by atoms with Crippen LogP contribution in [-0.2, 0) is 9.59 Å². The highest BCUT2D eigenvalue weighted by Crippen LogP contribution is 2.28. The van der Waals surface area contributed by atoms with E-state index in [9.17, 15) is 9.59 Å². The van der Waals surface area contributed by atoms with Crippen LogP contribution in [0.2, 0.25) is 0 Å². The van der Waals surface area contributed by atoms with Crippen LogP contribution in [0.15, 0.2) is 0 Å². The maximum atomic E-state index is 12.5. The highest BCUT2D eigenvalue weighted by Gasteiger charge is 2.39. The number of fused-ring (bicyclic) bond motifs is 2. The zero-order chi connectivity index (χ0) is 15.7. The lowest BCUT2D eigenvalue weighted by molar-refractivity contribution is -0.130. The number of carbonyl (C=O) groups is 2. The number of nitrogens with one attached hydrogen (secondary N) is 2. The molecule has 2 N–H and O–H groups in total. The molecule has 23 heavy (non-hydrogen) atoms. The van der Waals surface area contributed by atoms with E-state index < -0.39 is 0 Å². The van der Waals surface area contributed by atoms with E-state index in [-0.39, 0.29) is 30.1 Å². The van der Waals surface area contributed by atoms with Crippen molar-refractivity contribution in [2.45, 2.75) is 83.0 Å². The molecule has 0 radical (unpaired) electrons. The number of nitrogens with zero attached hydrogens (tertiary/aromatic N) is 1. The fraction of sp³-hybridized carbons (Fsp3) is 0.882. The van der Waals surface area contributed by atoms with Crippen LogP contribution in [0.1, 0.15) is 58.8 Å². The van der Waals surface area contributed by atoms with Gasteiger partial charge >= 0.3 is 0 Å². The van der Waals surface area contributed by atoms with Crippen LogP contribution in [0.3, 0.4) is 0 Å². The van der Waals surface area contributed by atoms with Gasteiger partial charge in [-0.25, -0.2) is 0 Å². The number of piperidine rings is 1. The average molecular weight is 344 g/mol. The standard InChI is InChI=1S/C17H29N3O2.ClH/c1-3-15(4-2)20-10-11(7-16(20)21)17(22)19-14-8-12-5-6-13(9-14)18-12;/h11-15,18H,3-10H2,1-2H3,(H,19,22);1H. The van der Waals surface area contributed by atoms with Crippen LogP contribution in [0.25, 0.3) is 0 Å². The molecule has 3 rings (SSSR count). The van der Waals surface area contributed by atoms with Crippen molar-refractivity contribution in [1.29, 1.82) is 0 Å². The van der Waals surface area contributed by atoms with E-state index in [0.717, 1.165) is 25.7 Å². The lowest BCUT2D eigenvalue weighted by atomic mass is 9.98. The Kier molecular flexibility index (Phi) is 6.32.